The summed E-state index contributed by atoms with van der Waals surface area (Å²) >= 11 is 0. The van der Waals surface area contributed by atoms with Gasteiger partial charge in [0.2, 0.25) is 0 Å². The molecule has 92 valence electrons. The lowest BCUT2D eigenvalue weighted by Gasteiger charge is -2.19. The molecule has 5 nitrogen and oxygen atoms in total. The van der Waals surface area contributed by atoms with E-state index in [0.29, 0.717) is 11.6 Å². The van der Waals surface area contributed by atoms with Gasteiger partial charge in [-0.25, -0.2) is 0 Å². The predicted molar refractivity (Wildman–Crippen MR) is 67.3 cm³/mol. The second-order valence-corrected chi connectivity index (χ2v) is 4.43. The van der Waals surface area contributed by atoms with E-state index in [2.05, 4.69) is 9.88 Å². The molecule has 2 rings (SSSR count). The number of hydrogen-bond donors (Lipinski definition) is 3. The zero-order valence-electron chi connectivity index (χ0n) is 9.76. The summed E-state index contributed by atoms with van der Waals surface area (Å²) in [6, 6.07) is 3.79. The van der Waals surface area contributed by atoms with Crippen molar-refractivity contribution >= 4 is 11.5 Å². The fraction of sp³-hybridized carbons (Fsp3) is 0.500. The smallest absolute Gasteiger partial charge is 0.141 e. The van der Waals surface area contributed by atoms with E-state index in [-0.39, 0.29) is 12.4 Å². The molecule has 0 aliphatic carbocycles. The van der Waals surface area contributed by atoms with Gasteiger partial charge in [-0.1, -0.05) is 0 Å². The number of aliphatic hydroxyl groups is 1. The van der Waals surface area contributed by atoms with Crippen LogP contribution in [0.15, 0.2) is 18.3 Å². The second-order valence-electron chi connectivity index (χ2n) is 4.43. The molecule has 0 amide bonds. The molecule has 4 N–H and O–H groups in total. The standard InChI is InChI=1S/C12H18N4O/c13-12(14)11-7-10(1-4-15-11)16-5-2-9(8-16)3-6-17/h1,4,7,9,17H,2-3,5-6,8H2,(H3,13,14). The van der Waals surface area contributed by atoms with Gasteiger partial charge in [-0.3, -0.25) is 10.4 Å². The molecule has 0 aromatic carbocycles. The highest BCUT2D eigenvalue weighted by Crippen LogP contribution is 2.25. The van der Waals surface area contributed by atoms with Crippen LogP contribution in [0.25, 0.3) is 0 Å². The third kappa shape index (κ3) is 2.74. The topological polar surface area (TPSA) is 86.2 Å². The maximum absolute atomic E-state index is 8.93. The van der Waals surface area contributed by atoms with Crippen LogP contribution in [0.2, 0.25) is 0 Å². The first-order valence-electron chi connectivity index (χ1n) is 5.87. The first-order valence-corrected chi connectivity index (χ1v) is 5.87. The summed E-state index contributed by atoms with van der Waals surface area (Å²) in [4.78, 5) is 6.31. The minimum absolute atomic E-state index is 0.00189. The molecule has 0 saturated carbocycles. The number of aromatic nitrogens is 1. The van der Waals surface area contributed by atoms with Crippen LogP contribution in [0.5, 0.6) is 0 Å². The van der Waals surface area contributed by atoms with Crippen molar-refractivity contribution in [2.75, 3.05) is 24.6 Å². The number of anilines is 1. The molecule has 1 fully saturated rings. The maximum atomic E-state index is 8.93. The quantitative estimate of drug-likeness (QED) is 0.525. The Morgan fingerprint density at radius 3 is 3.18 bits per heavy atom. The molecule has 1 aromatic heterocycles. The van der Waals surface area contributed by atoms with Gasteiger partial charge in [0.25, 0.3) is 0 Å². The summed E-state index contributed by atoms with van der Waals surface area (Å²) in [7, 11) is 0. The van der Waals surface area contributed by atoms with Crippen LogP contribution < -0.4 is 10.6 Å². The predicted octanol–water partition coefficient (Wildman–Crippen LogP) is 0.574. The molecule has 17 heavy (non-hydrogen) atoms. The summed E-state index contributed by atoms with van der Waals surface area (Å²) in [6.45, 7) is 2.21. The van der Waals surface area contributed by atoms with Crippen molar-refractivity contribution in [3.05, 3.63) is 24.0 Å². The summed E-state index contributed by atoms with van der Waals surface area (Å²) in [5.41, 5.74) is 7.01. The molecule has 2 heterocycles. The first kappa shape index (κ1) is 11.9. The average Bonchev–Trinajstić information content (AvgIpc) is 2.78. The number of nitrogens with two attached hydrogens (primary N) is 1. The third-order valence-electron chi connectivity index (χ3n) is 3.21. The number of pyridine rings is 1. The molecule has 1 aliphatic rings. The van der Waals surface area contributed by atoms with Gasteiger partial charge in [0.15, 0.2) is 0 Å². The molecular formula is C12H18N4O. The maximum Gasteiger partial charge on any atom is 0.141 e. The highest BCUT2D eigenvalue weighted by Gasteiger charge is 2.22. The number of rotatable bonds is 4. The Bertz CT molecular complexity index is 407. The van der Waals surface area contributed by atoms with Crippen LogP contribution in [-0.2, 0) is 0 Å². The van der Waals surface area contributed by atoms with Gasteiger partial charge < -0.3 is 15.7 Å². The van der Waals surface area contributed by atoms with E-state index in [0.717, 1.165) is 31.6 Å². The fourth-order valence-electron chi connectivity index (χ4n) is 2.25. The van der Waals surface area contributed by atoms with E-state index in [4.69, 9.17) is 16.2 Å². The molecule has 1 saturated heterocycles. The van der Waals surface area contributed by atoms with Crippen LogP contribution in [-0.4, -0.2) is 35.6 Å². The van der Waals surface area contributed by atoms with Gasteiger partial charge in [0.1, 0.15) is 11.5 Å². The van der Waals surface area contributed by atoms with Crippen molar-refractivity contribution in [2.24, 2.45) is 11.7 Å². The van der Waals surface area contributed by atoms with Crippen LogP contribution in [0.3, 0.4) is 0 Å². The Hall–Kier alpha value is -1.62. The fourth-order valence-corrected chi connectivity index (χ4v) is 2.25. The van der Waals surface area contributed by atoms with Crippen molar-refractivity contribution in [3.8, 4) is 0 Å². The van der Waals surface area contributed by atoms with E-state index in [1.54, 1.807) is 6.20 Å². The van der Waals surface area contributed by atoms with Crippen molar-refractivity contribution in [3.63, 3.8) is 0 Å². The summed E-state index contributed by atoms with van der Waals surface area (Å²) in [5.74, 6) is 0.562. The van der Waals surface area contributed by atoms with E-state index in [9.17, 15) is 0 Å². The van der Waals surface area contributed by atoms with Gasteiger partial charge in [0.05, 0.1) is 0 Å². The van der Waals surface area contributed by atoms with Gasteiger partial charge in [-0.05, 0) is 30.9 Å². The van der Waals surface area contributed by atoms with Crippen LogP contribution in [0, 0.1) is 11.3 Å². The largest absolute Gasteiger partial charge is 0.396 e. The molecule has 1 unspecified atom stereocenters. The second kappa shape index (κ2) is 5.14. The van der Waals surface area contributed by atoms with E-state index in [1.165, 1.54) is 0 Å². The van der Waals surface area contributed by atoms with Crippen LogP contribution in [0.4, 0.5) is 5.69 Å². The molecule has 5 heteroatoms. The lowest BCUT2D eigenvalue weighted by atomic mass is 10.1. The Morgan fingerprint density at radius 1 is 1.65 bits per heavy atom. The average molecular weight is 234 g/mol. The highest BCUT2D eigenvalue weighted by molar-refractivity contribution is 5.93. The molecule has 0 bridgehead atoms. The molecule has 0 spiro atoms. The van der Waals surface area contributed by atoms with Crippen molar-refractivity contribution in [2.45, 2.75) is 12.8 Å². The summed E-state index contributed by atoms with van der Waals surface area (Å²) < 4.78 is 0. The lowest BCUT2D eigenvalue weighted by Crippen LogP contribution is -2.21. The zero-order valence-corrected chi connectivity index (χ0v) is 9.76. The first-order chi connectivity index (χ1) is 8.20. The lowest BCUT2D eigenvalue weighted by molar-refractivity contribution is 0.263. The Kier molecular flexibility index (Phi) is 3.58. The number of amidine groups is 1. The number of nitrogen functional groups attached to an aromatic ring is 1. The number of aliphatic hydroxyl groups excluding tert-OH is 1. The summed E-state index contributed by atoms with van der Waals surface area (Å²) in [5, 5.41) is 16.3. The number of nitrogens with one attached hydrogen (secondary N) is 1. The van der Waals surface area contributed by atoms with Crippen molar-refractivity contribution < 1.29 is 5.11 Å². The summed E-state index contributed by atoms with van der Waals surface area (Å²) in [6.07, 6.45) is 3.66. The van der Waals surface area contributed by atoms with Crippen molar-refractivity contribution in [1.29, 1.82) is 5.41 Å². The molecule has 1 atom stereocenters. The van der Waals surface area contributed by atoms with Gasteiger partial charge in [-0.2, -0.15) is 0 Å². The van der Waals surface area contributed by atoms with Crippen LogP contribution >= 0.6 is 0 Å². The molecular weight excluding hydrogens is 216 g/mol. The van der Waals surface area contributed by atoms with E-state index < -0.39 is 0 Å². The normalized spacial score (nSPS) is 19.6. The minimum Gasteiger partial charge on any atom is -0.396 e. The molecule has 1 aliphatic heterocycles. The zero-order chi connectivity index (χ0) is 12.3. The minimum atomic E-state index is -0.00189. The SMILES string of the molecule is N=C(N)c1cc(N2CCC(CCO)C2)ccn1. The van der Waals surface area contributed by atoms with Crippen molar-refractivity contribution in [1.82, 2.24) is 4.98 Å². The van der Waals surface area contributed by atoms with Crippen LogP contribution in [0.1, 0.15) is 18.5 Å². The highest BCUT2D eigenvalue weighted by atomic mass is 16.3. The number of nitrogens with zero attached hydrogens (tertiary/aromatic N) is 2. The Balaban J connectivity index is 2.08. The third-order valence-corrected chi connectivity index (χ3v) is 3.21. The van der Waals surface area contributed by atoms with Gasteiger partial charge in [0, 0.05) is 31.6 Å². The Morgan fingerprint density at radius 2 is 2.47 bits per heavy atom. The van der Waals surface area contributed by atoms with Gasteiger partial charge in [-0.15, -0.1) is 0 Å². The van der Waals surface area contributed by atoms with Gasteiger partial charge >= 0.3 is 0 Å². The monoisotopic (exact) mass is 234 g/mol. The Labute approximate surface area is 101 Å². The van der Waals surface area contributed by atoms with E-state index in [1.807, 2.05) is 12.1 Å². The molecule has 1 aromatic rings. The van der Waals surface area contributed by atoms with E-state index >= 15 is 0 Å². The number of hydrogen-bond acceptors (Lipinski definition) is 4. The molecule has 0 radical (unpaired) electrons.